The summed E-state index contributed by atoms with van der Waals surface area (Å²) >= 11 is 0. The molecule has 25 heavy (non-hydrogen) atoms. The van der Waals surface area contributed by atoms with Gasteiger partial charge in [0.1, 0.15) is 5.75 Å². The number of para-hydroxylation sites is 1. The number of carbonyl (C=O) groups is 2. The summed E-state index contributed by atoms with van der Waals surface area (Å²) in [6, 6.07) is 9.50. The van der Waals surface area contributed by atoms with E-state index in [0.717, 1.165) is 12.1 Å². The fourth-order valence-corrected chi connectivity index (χ4v) is 2.25. The van der Waals surface area contributed by atoms with Crippen molar-refractivity contribution in [3.05, 3.63) is 65.2 Å². The van der Waals surface area contributed by atoms with E-state index in [4.69, 9.17) is 4.74 Å². The molecular weight excluding hydrogens is 330 g/mol. The van der Waals surface area contributed by atoms with Crippen molar-refractivity contribution in [3.8, 4) is 5.75 Å². The second kappa shape index (κ2) is 8.23. The molecule has 7 heteroatoms. The zero-order valence-corrected chi connectivity index (χ0v) is 13.8. The summed E-state index contributed by atoms with van der Waals surface area (Å²) in [5, 5.41) is 5.09. The molecule has 0 spiro atoms. The molecule has 2 N–H and O–H groups in total. The van der Waals surface area contributed by atoms with E-state index < -0.39 is 29.5 Å². The number of ether oxygens (including phenoxy) is 1. The lowest BCUT2D eigenvalue weighted by Gasteiger charge is -2.15. The van der Waals surface area contributed by atoms with Gasteiger partial charge in [-0.25, -0.2) is 8.78 Å². The average molecular weight is 348 g/mol. The van der Waals surface area contributed by atoms with Crippen LogP contribution in [0, 0.1) is 11.6 Å². The number of amides is 2. The van der Waals surface area contributed by atoms with Gasteiger partial charge in [-0.15, -0.1) is 0 Å². The number of carbonyl (C=O) groups excluding carboxylic acids is 2. The van der Waals surface area contributed by atoms with Crippen molar-refractivity contribution in [2.24, 2.45) is 0 Å². The van der Waals surface area contributed by atoms with Gasteiger partial charge in [-0.1, -0.05) is 18.2 Å². The van der Waals surface area contributed by atoms with Gasteiger partial charge in [0.25, 0.3) is 5.91 Å². The van der Waals surface area contributed by atoms with E-state index in [1.807, 2.05) is 0 Å². The third-order valence-corrected chi connectivity index (χ3v) is 3.58. The number of halogens is 2. The highest BCUT2D eigenvalue weighted by Gasteiger charge is 2.15. The molecule has 0 radical (unpaired) electrons. The van der Waals surface area contributed by atoms with Gasteiger partial charge in [-0.05, 0) is 36.8 Å². The van der Waals surface area contributed by atoms with E-state index in [1.165, 1.54) is 13.2 Å². The molecule has 2 aromatic rings. The van der Waals surface area contributed by atoms with Crippen LogP contribution in [0.5, 0.6) is 5.75 Å². The molecule has 0 aliphatic carbocycles. The molecule has 132 valence electrons. The van der Waals surface area contributed by atoms with E-state index in [1.54, 1.807) is 31.2 Å². The van der Waals surface area contributed by atoms with Crippen molar-refractivity contribution in [1.29, 1.82) is 0 Å². The summed E-state index contributed by atoms with van der Waals surface area (Å²) in [4.78, 5) is 24.0. The normalized spacial score (nSPS) is 11.5. The number of hydrogen-bond donors (Lipinski definition) is 2. The summed E-state index contributed by atoms with van der Waals surface area (Å²) in [6.07, 6.45) is 0. The van der Waals surface area contributed by atoms with Gasteiger partial charge in [-0.3, -0.25) is 9.59 Å². The lowest BCUT2D eigenvalue weighted by atomic mass is 10.1. The van der Waals surface area contributed by atoms with Gasteiger partial charge >= 0.3 is 0 Å². The van der Waals surface area contributed by atoms with E-state index in [2.05, 4.69) is 10.6 Å². The molecule has 0 bridgehead atoms. The molecular formula is C18H18F2N2O3. The Morgan fingerprint density at radius 3 is 2.52 bits per heavy atom. The van der Waals surface area contributed by atoms with Crippen LogP contribution in [0.15, 0.2) is 42.5 Å². The molecule has 0 aliphatic rings. The van der Waals surface area contributed by atoms with E-state index in [9.17, 15) is 18.4 Å². The summed E-state index contributed by atoms with van der Waals surface area (Å²) in [6.45, 7) is 1.37. The second-order valence-electron chi connectivity index (χ2n) is 5.35. The minimum atomic E-state index is -0.983. The lowest BCUT2D eigenvalue weighted by Crippen LogP contribution is -2.38. The first-order valence-corrected chi connectivity index (χ1v) is 7.58. The minimum absolute atomic E-state index is 0.259. The van der Waals surface area contributed by atoms with Gasteiger partial charge in [0.15, 0.2) is 11.6 Å². The van der Waals surface area contributed by atoms with Crippen LogP contribution < -0.4 is 15.4 Å². The maximum Gasteiger partial charge on any atom is 0.255 e. The Hall–Kier alpha value is -2.96. The standard InChI is InChI=1S/C18H18F2N2O3/c1-11(12-7-8-14(19)15(20)9-12)22-17(23)10-21-18(24)13-5-3-4-6-16(13)25-2/h3-9,11H,10H2,1-2H3,(H,21,24)(H,22,23). The largest absolute Gasteiger partial charge is 0.496 e. The maximum absolute atomic E-state index is 13.2. The van der Waals surface area contributed by atoms with Crippen LogP contribution in [0.4, 0.5) is 8.78 Å². The zero-order valence-electron chi connectivity index (χ0n) is 13.8. The van der Waals surface area contributed by atoms with Crippen LogP contribution in [-0.2, 0) is 4.79 Å². The first kappa shape index (κ1) is 18.4. The Balaban J connectivity index is 1.91. The van der Waals surface area contributed by atoms with E-state index in [0.29, 0.717) is 16.9 Å². The molecule has 5 nitrogen and oxygen atoms in total. The van der Waals surface area contributed by atoms with Crippen LogP contribution in [0.3, 0.4) is 0 Å². The van der Waals surface area contributed by atoms with Crippen molar-refractivity contribution < 1.29 is 23.1 Å². The van der Waals surface area contributed by atoms with Gasteiger partial charge in [0.05, 0.1) is 25.3 Å². The number of benzene rings is 2. The lowest BCUT2D eigenvalue weighted by molar-refractivity contribution is -0.120. The first-order valence-electron chi connectivity index (χ1n) is 7.58. The van der Waals surface area contributed by atoms with Crippen LogP contribution in [0.25, 0.3) is 0 Å². The third-order valence-electron chi connectivity index (χ3n) is 3.58. The Morgan fingerprint density at radius 1 is 1.12 bits per heavy atom. The van der Waals surface area contributed by atoms with Crippen molar-refractivity contribution in [2.45, 2.75) is 13.0 Å². The SMILES string of the molecule is COc1ccccc1C(=O)NCC(=O)NC(C)c1ccc(F)c(F)c1. The predicted molar refractivity (Wildman–Crippen MR) is 88.2 cm³/mol. The molecule has 0 aromatic heterocycles. The van der Waals surface area contributed by atoms with Gasteiger partial charge in [0, 0.05) is 0 Å². The Kier molecular flexibility index (Phi) is 6.05. The summed E-state index contributed by atoms with van der Waals surface area (Å²) in [7, 11) is 1.45. The Morgan fingerprint density at radius 2 is 1.84 bits per heavy atom. The fourth-order valence-electron chi connectivity index (χ4n) is 2.25. The molecule has 0 fully saturated rings. The van der Waals surface area contributed by atoms with E-state index in [-0.39, 0.29) is 6.54 Å². The fraction of sp³-hybridized carbons (Fsp3) is 0.222. The minimum Gasteiger partial charge on any atom is -0.496 e. The molecule has 1 atom stereocenters. The predicted octanol–water partition coefficient (Wildman–Crippen LogP) is 2.58. The van der Waals surface area contributed by atoms with Crippen molar-refractivity contribution >= 4 is 11.8 Å². The highest BCUT2D eigenvalue weighted by atomic mass is 19.2. The van der Waals surface area contributed by atoms with E-state index >= 15 is 0 Å². The summed E-state index contributed by atoms with van der Waals surface area (Å²) < 4.78 is 31.3. The Bertz CT molecular complexity index is 781. The van der Waals surface area contributed by atoms with Gasteiger partial charge in [0.2, 0.25) is 5.91 Å². The van der Waals surface area contributed by atoms with Crippen LogP contribution in [0.1, 0.15) is 28.9 Å². The molecule has 0 heterocycles. The molecule has 2 aromatic carbocycles. The number of rotatable bonds is 6. The van der Waals surface area contributed by atoms with Gasteiger partial charge < -0.3 is 15.4 Å². The van der Waals surface area contributed by atoms with Crippen molar-refractivity contribution in [3.63, 3.8) is 0 Å². The molecule has 0 saturated carbocycles. The second-order valence-corrected chi connectivity index (χ2v) is 5.35. The van der Waals surface area contributed by atoms with Crippen LogP contribution in [-0.4, -0.2) is 25.5 Å². The third kappa shape index (κ3) is 4.76. The van der Waals surface area contributed by atoms with Crippen LogP contribution >= 0.6 is 0 Å². The first-order chi connectivity index (χ1) is 11.9. The molecule has 1 unspecified atom stereocenters. The number of methoxy groups -OCH3 is 1. The summed E-state index contributed by atoms with van der Waals surface area (Å²) in [5.74, 6) is -2.45. The topological polar surface area (TPSA) is 67.4 Å². The zero-order chi connectivity index (χ0) is 18.4. The summed E-state index contributed by atoms with van der Waals surface area (Å²) in [5.41, 5.74) is 0.731. The maximum atomic E-state index is 13.2. The molecule has 2 rings (SSSR count). The molecule has 2 amide bonds. The van der Waals surface area contributed by atoms with Gasteiger partial charge in [-0.2, -0.15) is 0 Å². The highest BCUT2D eigenvalue weighted by Crippen LogP contribution is 2.17. The number of nitrogens with one attached hydrogen (secondary N) is 2. The Labute approximate surface area is 144 Å². The van der Waals surface area contributed by atoms with Crippen molar-refractivity contribution in [2.75, 3.05) is 13.7 Å². The van der Waals surface area contributed by atoms with Crippen molar-refractivity contribution in [1.82, 2.24) is 10.6 Å². The molecule has 0 aliphatic heterocycles. The highest BCUT2D eigenvalue weighted by molar-refractivity contribution is 5.98. The van der Waals surface area contributed by atoms with Crippen LogP contribution in [0.2, 0.25) is 0 Å². The quantitative estimate of drug-likeness (QED) is 0.843. The smallest absolute Gasteiger partial charge is 0.255 e. The molecule has 0 saturated heterocycles. The monoisotopic (exact) mass is 348 g/mol. The average Bonchev–Trinajstić information content (AvgIpc) is 2.61. The number of hydrogen-bond acceptors (Lipinski definition) is 3.